The van der Waals surface area contributed by atoms with Crippen LogP contribution in [-0.4, -0.2) is 15.6 Å². The van der Waals surface area contributed by atoms with Gasteiger partial charge in [-0.3, -0.25) is 0 Å². The van der Waals surface area contributed by atoms with Crippen LogP contribution in [0.25, 0.3) is 0 Å². The average molecular weight is 221 g/mol. The molecule has 1 saturated carbocycles. The Bertz CT molecular complexity index is 354. The SMILES string of the molecule is Cc1cn(C2CCC(C)C2)c(NC(C)C)n1. The number of nitrogens with zero attached hydrogens (tertiary/aromatic N) is 2. The van der Waals surface area contributed by atoms with Gasteiger partial charge in [0.2, 0.25) is 5.95 Å². The first-order chi connectivity index (χ1) is 7.56. The Hall–Kier alpha value is -0.990. The van der Waals surface area contributed by atoms with Gasteiger partial charge < -0.3 is 9.88 Å². The van der Waals surface area contributed by atoms with E-state index in [1.54, 1.807) is 0 Å². The maximum Gasteiger partial charge on any atom is 0.203 e. The number of anilines is 1. The second-order valence-electron chi connectivity index (χ2n) is 5.48. The van der Waals surface area contributed by atoms with Crippen molar-refractivity contribution in [2.24, 2.45) is 5.92 Å². The van der Waals surface area contributed by atoms with Crippen LogP contribution < -0.4 is 5.32 Å². The molecule has 1 aromatic heterocycles. The van der Waals surface area contributed by atoms with Crippen molar-refractivity contribution in [1.82, 2.24) is 9.55 Å². The van der Waals surface area contributed by atoms with E-state index < -0.39 is 0 Å². The normalized spacial score (nSPS) is 25.3. The molecule has 1 heterocycles. The predicted octanol–water partition coefficient (Wildman–Crippen LogP) is 3.37. The first-order valence-corrected chi connectivity index (χ1v) is 6.38. The molecule has 16 heavy (non-hydrogen) atoms. The molecule has 0 spiro atoms. The van der Waals surface area contributed by atoms with Crippen LogP contribution >= 0.6 is 0 Å². The number of aryl methyl sites for hydroxylation is 1. The second-order valence-corrected chi connectivity index (χ2v) is 5.48. The zero-order valence-corrected chi connectivity index (χ0v) is 10.8. The zero-order valence-electron chi connectivity index (χ0n) is 10.8. The summed E-state index contributed by atoms with van der Waals surface area (Å²) in [4.78, 5) is 4.57. The van der Waals surface area contributed by atoms with E-state index in [1.165, 1.54) is 19.3 Å². The van der Waals surface area contributed by atoms with E-state index in [4.69, 9.17) is 0 Å². The molecule has 2 unspecified atom stereocenters. The predicted molar refractivity (Wildman–Crippen MR) is 67.8 cm³/mol. The largest absolute Gasteiger partial charge is 0.353 e. The lowest BCUT2D eigenvalue weighted by Gasteiger charge is -2.17. The van der Waals surface area contributed by atoms with E-state index in [-0.39, 0.29) is 0 Å². The molecule has 0 radical (unpaired) electrons. The van der Waals surface area contributed by atoms with E-state index in [1.807, 2.05) is 0 Å². The summed E-state index contributed by atoms with van der Waals surface area (Å²) >= 11 is 0. The van der Waals surface area contributed by atoms with Gasteiger partial charge in [0, 0.05) is 18.3 Å². The molecule has 1 N–H and O–H groups in total. The Morgan fingerprint density at radius 1 is 1.44 bits per heavy atom. The highest BCUT2D eigenvalue weighted by atomic mass is 15.2. The lowest BCUT2D eigenvalue weighted by molar-refractivity contribution is 0.496. The van der Waals surface area contributed by atoms with Crippen LogP contribution in [0.1, 0.15) is 51.8 Å². The van der Waals surface area contributed by atoms with Crippen LogP contribution in [0.5, 0.6) is 0 Å². The van der Waals surface area contributed by atoms with Gasteiger partial charge in [0.1, 0.15) is 0 Å². The van der Waals surface area contributed by atoms with Gasteiger partial charge in [-0.05, 0) is 46.0 Å². The van der Waals surface area contributed by atoms with Crippen molar-refractivity contribution < 1.29 is 0 Å². The standard InChI is InChI=1S/C13H23N3/c1-9(2)14-13-15-11(4)8-16(13)12-6-5-10(3)7-12/h8-10,12H,5-7H2,1-4H3,(H,14,15). The van der Waals surface area contributed by atoms with Crippen LogP contribution in [0.4, 0.5) is 5.95 Å². The van der Waals surface area contributed by atoms with Gasteiger partial charge in [-0.25, -0.2) is 4.98 Å². The molecule has 1 fully saturated rings. The molecule has 0 saturated heterocycles. The monoisotopic (exact) mass is 221 g/mol. The highest BCUT2D eigenvalue weighted by Gasteiger charge is 2.24. The molecule has 1 aromatic rings. The summed E-state index contributed by atoms with van der Waals surface area (Å²) in [6, 6.07) is 1.09. The summed E-state index contributed by atoms with van der Waals surface area (Å²) in [6.07, 6.45) is 6.13. The van der Waals surface area contributed by atoms with Gasteiger partial charge in [0.15, 0.2) is 0 Å². The van der Waals surface area contributed by atoms with Gasteiger partial charge in [-0.1, -0.05) is 6.92 Å². The van der Waals surface area contributed by atoms with Crippen LogP contribution in [0.3, 0.4) is 0 Å². The van der Waals surface area contributed by atoms with Crippen LogP contribution in [-0.2, 0) is 0 Å². The maximum atomic E-state index is 4.57. The summed E-state index contributed by atoms with van der Waals surface area (Å²) < 4.78 is 2.35. The minimum absolute atomic E-state index is 0.444. The molecule has 0 aromatic carbocycles. The molecule has 2 rings (SSSR count). The van der Waals surface area contributed by atoms with Gasteiger partial charge in [-0.15, -0.1) is 0 Å². The lowest BCUT2D eigenvalue weighted by Crippen LogP contribution is -2.16. The molecule has 0 aliphatic heterocycles. The molecular weight excluding hydrogens is 198 g/mol. The first kappa shape index (κ1) is 11.5. The number of aromatic nitrogens is 2. The first-order valence-electron chi connectivity index (χ1n) is 6.38. The third-order valence-electron chi connectivity index (χ3n) is 3.33. The Kier molecular flexibility index (Phi) is 3.22. The molecular formula is C13H23N3. The molecule has 0 bridgehead atoms. The molecule has 3 heteroatoms. The Balaban J connectivity index is 2.19. The van der Waals surface area contributed by atoms with Gasteiger partial charge in [-0.2, -0.15) is 0 Å². The fraction of sp³-hybridized carbons (Fsp3) is 0.769. The van der Waals surface area contributed by atoms with Crippen molar-refractivity contribution in [2.75, 3.05) is 5.32 Å². The minimum Gasteiger partial charge on any atom is -0.353 e. The topological polar surface area (TPSA) is 29.9 Å². The van der Waals surface area contributed by atoms with E-state index in [2.05, 4.69) is 48.8 Å². The van der Waals surface area contributed by atoms with Crippen molar-refractivity contribution in [1.29, 1.82) is 0 Å². The van der Waals surface area contributed by atoms with Crippen LogP contribution in [0.15, 0.2) is 6.20 Å². The quantitative estimate of drug-likeness (QED) is 0.848. The lowest BCUT2D eigenvalue weighted by atomic mass is 10.1. The summed E-state index contributed by atoms with van der Waals surface area (Å²) in [5, 5.41) is 3.44. The highest BCUT2D eigenvalue weighted by molar-refractivity contribution is 5.30. The maximum absolute atomic E-state index is 4.57. The third-order valence-corrected chi connectivity index (χ3v) is 3.33. The number of rotatable bonds is 3. The van der Waals surface area contributed by atoms with E-state index in [0.717, 1.165) is 17.6 Å². The fourth-order valence-corrected chi connectivity index (χ4v) is 2.59. The van der Waals surface area contributed by atoms with E-state index >= 15 is 0 Å². The van der Waals surface area contributed by atoms with Crippen molar-refractivity contribution in [3.05, 3.63) is 11.9 Å². The fourth-order valence-electron chi connectivity index (χ4n) is 2.59. The Morgan fingerprint density at radius 2 is 2.19 bits per heavy atom. The number of imidazole rings is 1. The van der Waals surface area contributed by atoms with Gasteiger partial charge in [0.05, 0.1) is 5.69 Å². The molecule has 2 atom stereocenters. The molecule has 1 aliphatic rings. The molecule has 90 valence electrons. The van der Waals surface area contributed by atoms with Crippen LogP contribution in [0.2, 0.25) is 0 Å². The Morgan fingerprint density at radius 3 is 2.75 bits per heavy atom. The van der Waals surface area contributed by atoms with E-state index in [9.17, 15) is 0 Å². The Labute approximate surface area is 98.3 Å². The van der Waals surface area contributed by atoms with Crippen LogP contribution in [0, 0.1) is 12.8 Å². The third kappa shape index (κ3) is 2.39. The summed E-state index contributed by atoms with van der Waals surface area (Å²) in [5.74, 6) is 1.91. The van der Waals surface area contributed by atoms with Gasteiger partial charge in [0.25, 0.3) is 0 Å². The smallest absolute Gasteiger partial charge is 0.203 e. The summed E-state index contributed by atoms with van der Waals surface area (Å²) in [5.41, 5.74) is 1.11. The van der Waals surface area contributed by atoms with Gasteiger partial charge >= 0.3 is 0 Å². The van der Waals surface area contributed by atoms with Crippen molar-refractivity contribution >= 4 is 5.95 Å². The number of hydrogen-bond acceptors (Lipinski definition) is 2. The minimum atomic E-state index is 0.444. The highest BCUT2D eigenvalue weighted by Crippen LogP contribution is 2.36. The van der Waals surface area contributed by atoms with Crippen molar-refractivity contribution in [3.8, 4) is 0 Å². The molecule has 0 amide bonds. The molecule has 1 aliphatic carbocycles. The summed E-state index contributed by atoms with van der Waals surface area (Å²) in [6.45, 7) is 8.73. The zero-order chi connectivity index (χ0) is 11.7. The average Bonchev–Trinajstić information content (AvgIpc) is 2.72. The van der Waals surface area contributed by atoms with Crippen molar-refractivity contribution in [3.63, 3.8) is 0 Å². The number of nitrogens with one attached hydrogen (secondary N) is 1. The summed E-state index contributed by atoms with van der Waals surface area (Å²) in [7, 11) is 0. The van der Waals surface area contributed by atoms with Crippen molar-refractivity contribution in [2.45, 2.75) is 59.0 Å². The van der Waals surface area contributed by atoms with E-state index in [0.29, 0.717) is 12.1 Å². The number of hydrogen-bond donors (Lipinski definition) is 1. The molecule has 3 nitrogen and oxygen atoms in total. The second kappa shape index (κ2) is 4.48.